The van der Waals surface area contributed by atoms with Crippen molar-refractivity contribution in [3.8, 4) is 0 Å². The molecular formula is C13H9ClIN3O2S. The highest BCUT2D eigenvalue weighted by molar-refractivity contribution is 14.1. The summed E-state index contributed by atoms with van der Waals surface area (Å²) in [5.74, 6) is 0. The second-order valence-electron chi connectivity index (χ2n) is 4.25. The van der Waals surface area contributed by atoms with Crippen molar-refractivity contribution in [2.75, 3.05) is 4.72 Å². The molecule has 0 fully saturated rings. The van der Waals surface area contributed by atoms with Crippen LogP contribution in [-0.4, -0.2) is 17.8 Å². The molecule has 8 heteroatoms. The molecule has 0 unspecified atom stereocenters. The van der Waals surface area contributed by atoms with E-state index in [0.29, 0.717) is 11.3 Å². The predicted molar refractivity (Wildman–Crippen MR) is 90.2 cm³/mol. The van der Waals surface area contributed by atoms with Gasteiger partial charge in [0.2, 0.25) is 0 Å². The summed E-state index contributed by atoms with van der Waals surface area (Å²) in [6, 6.07) is 12.2. The van der Waals surface area contributed by atoms with Gasteiger partial charge in [-0.1, -0.05) is 23.7 Å². The number of halogens is 2. The molecule has 0 spiro atoms. The Kier molecular flexibility index (Phi) is 3.80. The molecule has 3 aromatic rings. The lowest BCUT2D eigenvalue weighted by Crippen LogP contribution is -2.15. The minimum atomic E-state index is -3.83. The van der Waals surface area contributed by atoms with Crippen molar-refractivity contribution in [1.82, 2.24) is 9.38 Å². The SMILES string of the molecule is O=S(=O)(Nc1cccc(I)c1)c1c(Cl)nc2ccccn12. The van der Waals surface area contributed by atoms with Gasteiger partial charge in [-0.15, -0.1) is 0 Å². The third-order valence-corrected chi connectivity index (χ3v) is 5.23. The van der Waals surface area contributed by atoms with Crippen LogP contribution < -0.4 is 4.72 Å². The van der Waals surface area contributed by atoms with Crippen LogP contribution in [0.5, 0.6) is 0 Å². The molecule has 0 aliphatic carbocycles. The smallest absolute Gasteiger partial charge is 0.281 e. The summed E-state index contributed by atoms with van der Waals surface area (Å²) in [7, 11) is -3.83. The minimum Gasteiger partial charge on any atom is -0.288 e. The number of rotatable bonds is 3. The highest BCUT2D eigenvalue weighted by atomic mass is 127. The molecule has 0 saturated carbocycles. The van der Waals surface area contributed by atoms with Crippen LogP contribution in [0.25, 0.3) is 5.65 Å². The highest BCUT2D eigenvalue weighted by Gasteiger charge is 2.24. The topological polar surface area (TPSA) is 63.5 Å². The van der Waals surface area contributed by atoms with E-state index in [1.54, 1.807) is 42.6 Å². The molecule has 0 saturated heterocycles. The maximum absolute atomic E-state index is 12.5. The van der Waals surface area contributed by atoms with Crippen molar-refractivity contribution in [1.29, 1.82) is 0 Å². The summed E-state index contributed by atoms with van der Waals surface area (Å²) < 4.78 is 30.0. The van der Waals surface area contributed by atoms with Gasteiger partial charge in [-0.2, -0.15) is 8.42 Å². The second-order valence-corrected chi connectivity index (χ2v) is 7.45. The van der Waals surface area contributed by atoms with Crippen molar-refractivity contribution in [3.63, 3.8) is 0 Å². The van der Waals surface area contributed by atoms with Crippen LogP contribution in [0.2, 0.25) is 5.15 Å². The van der Waals surface area contributed by atoms with Crippen molar-refractivity contribution in [3.05, 3.63) is 57.4 Å². The molecule has 5 nitrogen and oxygen atoms in total. The molecule has 0 atom stereocenters. The lowest BCUT2D eigenvalue weighted by atomic mass is 10.3. The third kappa shape index (κ3) is 2.85. The van der Waals surface area contributed by atoms with Crippen LogP contribution >= 0.6 is 34.2 Å². The first-order chi connectivity index (χ1) is 9.97. The summed E-state index contributed by atoms with van der Waals surface area (Å²) in [6.45, 7) is 0. The summed E-state index contributed by atoms with van der Waals surface area (Å²) in [5, 5.41) is -0.127. The van der Waals surface area contributed by atoms with E-state index >= 15 is 0 Å². The third-order valence-electron chi connectivity index (χ3n) is 2.78. The molecule has 0 amide bonds. The largest absolute Gasteiger partial charge is 0.288 e. The zero-order chi connectivity index (χ0) is 15.0. The number of aromatic nitrogens is 2. The first kappa shape index (κ1) is 14.6. The molecule has 0 bridgehead atoms. The number of sulfonamides is 1. The van der Waals surface area contributed by atoms with Crippen LogP contribution in [0.1, 0.15) is 0 Å². The first-order valence-corrected chi connectivity index (χ1v) is 8.82. The number of benzene rings is 1. The molecule has 1 N–H and O–H groups in total. The average molecular weight is 434 g/mol. The number of fused-ring (bicyclic) bond motifs is 1. The van der Waals surface area contributed by atoms with Crippen LogP contribution in [-0.2, 0) is 10.0 Å². The Morgan fingerprint density at radius 2 is 2.00 bits per heavy atom. The van der Waals surface area contributed by atoms with Gasteiger partial charge in [-0.25, -0.2) is 4.98 Å². The molecule has 2 aromatic heterocycles. The van der Waals surface area contributed by atoms with E-state index in [0.717, 1.165) is 3.57 Å². The summed E-state index contributed by atoms with van der Waals surface area (Å²) in [4.78, 5) is 4.05. The quantitative estimate of drug-likeness (QED) is 0.644. The van der Waals surface area contributed by atoms with E-state index < -0.39 is 10.0 Å². The van der Waals surface area contributed by atoms with Gasteiger partial charge in [0.15, 0.2) is 10.2 Å². The van der Waals surface area contributed by atoms with Crippen molar-refractivity contribution in [2.45, 2.75) is 5.03 Å². The Morgan fingerprint density at radius 1 is 1.19 bits per heavy atom. The van der Waals surface area contributed by atoms with Crippen LogP contribution in [0.15, 0.2) is 53.7 Å². The van der Waals surface area contributed by atoms with Gasteiger partial charge in [0, 0.05) is 15.5 Å². The summed E-state index contributed by atoms with van der Waals surface area (Å²) >= 11 is 8.11. The highest BCUT2D eigenvalue weighted by Crippen LogP contribution is 2.25. The van der Waals surface area contributed by atoms with E-state index in [2.05, 4.69) is 32.3 Å². The number of hydrogen-bond acceptors (Lipinski definition) is 3. The number of imidazole rings is 1. The molecule has 21 heavy (non-hydrogen) atoms. The maximum Gasteiger partial charge on any atom is 0.281 e. The van der Waals surface area contributed by atoms with Gasteiger partial charge in [-0.3, -0.25) is 9.12 Å². The Morgan fingerprint density at radius 3 is 2.76 bits per heavy atom. The summed E-state index contributed by atoms with van der Waals surface area (Å²) in [6.07, 6.45) is 1.61. The van der Waals surface area contributed by atoms with Crippen molar-refractivity contribution >= 4 is 55.5 Å². The van der Waals surface area contributed by atoms with E-state index in [-0.39, 0.29) is 10.2 Å². The molecule has 0 aliphatic heterocycles. The summed E-state index contributed by atoms with van der Waals surface area (Å²) in [5.41, 5.74) is 0.953. The van der Waals surface area contributed by atoms with Crippen LogP contribution in [0.3, 0.4) is 0 Å². The molecule has 1 aromatic carbocycles. The van der Waals surface area contributed by atoms with Gasteiger partial charge >= 0.3 is 0 Å². The van der Waals surface area contributed by atoms with Gasteiger partial charge in [0.1, 0.15) is 5.65 Å². The zero-order valence-electron chi connectivity index (χ0n) is 10.5. The Labute approximate surface area is 140 Å². The monoisotopic (exact) mass is 433 g/mol. The number of nitrogens with one attached hydrogen (secondary N) is 1. The number of pyridine rings is 1. The molecule has 108 valence electrons. The minimum absolute atomic E-state index is 0.0562. The van der Waals surface area contributed by atoms with Crippen molar-refractivity contribution in [2.24, 2.45) is 0 Å². The lowest BCUT2D eigenvalue weighted by molar-refractivity contribution is 0.596. The van der Waals surface area contributed by atoms with E-state index in [1.165, 1.54) is 4.40 Å². The fraction of sp³-hybridized carbons (Fsp3) is 0. The van der Waals surface area contributed by atoms with Crippen molar-refractivity contribution < 1.29 is 8.42 Å². The van der Waals surface area contributed by atoms with E-state index in [4.69, 9.17) is 11.6 Å². The fourth-order valence-corrected chi connectivity index (χ4v) is 4.18. The molecule has 3 rings (SSSR count). The fourth-order valence-electron chi connectivity index (χ4n) is 1.94. The molecule has 0 radical (unpaired) electrons. The number of anilines is 1. The maximum atomic E-state index is 12.5. The lowest BCUT2D eigenvalue weighted by Gasteiger charge is -2.08. The Bertz CT molecular complexity index is 924. The van der Waals surface area contributed by atoms with Crippen LogP contribution in [0.4, 0.5) is 5.69 Å². The standard InChI is InChI=1S/C13H9ClIN3O2S/c14-12-13(18-7-2-1-6-11(18)16-12)21(19,20)17-10-5-3-4-9(15)8-10/h1-8,17H. The Hall–Kier alpha value is -1.32. The number of nitrogens with zero attached hydrogens (tertiary/aromatic N) is 2. The normalized spacial score (nSPS) is 11.7. The zero-order valence-corrected chi connectivity index (χ0v) is 14.2. The average Bonchev–Trinajstić information content (AvgIpc) is 2.74. The van der Waals surface area contributed by atoms with E-state index in [9.17, 15) is 8.42 Å². The van der Waals surface area contributed by atoms with Crippen LogP contribution in [0, 0.1) is 3.57 Å². The van der Waals surface area contributed by atoms with E-state index in [1.807, 2.05) is 6.07 Å². The predicted octanol–water partition coefficient (Wildman–Crippen LogP) is 3.39. The molecule has 2 heterocycles. The number of hydrogen-bond donors (Lipinski definition) is 1. The van der Waals surface area contributed by atoms with Gasteiger partial charge in [0.25, 0.3) is 10.0 Å². The molecular weight excluding hydrogens is 425 g/mol. The van der Waals surface area contributed by atoms with Gasteiger partial charge < -0.3 is 0 Å². The second kappa shape index (κ2) is 5.47. The van der Waals surface area contributed by atoms with Gasteiger partial charge in [-0.05, 0) is 52.9 Å². The first-order valence-electron chi connectivity index (χ1n) is 5.88. The Balaban J connectivity index is 2.10. The molecule has 0 aliphatic rings. The van der Waals surface area contributed by atoms with Gasteiger partial charge in [0.05, 0.1) is 0 Å².